The summed E-state index contributed by atoms with van der Waals surface area (Å²) >= 11 is 0. The van der Waals surface area contributed by atoms with Gasteiger partial charge in [0.25, 0.3) is 0 Å². The molecule has 0 fully saturated rings. The fourth-order valence-corrected chi connectivity index (χ4v) is 0.962. The zero-order chi connectivity index (χ0) is 9.40. The van der Waals surface area contributed by atoms with Gasteiger partial charge in [0, 0.05) is 0 Å². The summed E-state index contributed by atoms with van der Waals surface area (Å²) in [6.07, 6.45) is 4.89. The molecular weight excluding hydrogens is 152 g/mol. The van der Waals surface area contributed by atoms with Crippen LogP contribution in [0.2, 0.25) is 0 Å². The number of aliphatic hydroxyl groups excluding tert-OH is 2. The quantitative estimate of drug-likeness (QED) is 0.570. The first-order valence-electron chi connectivity index (χ1n) is 4.30. The van der Waals surface area contributed by atoms with Gasteiger partial charge >= 0.3 is 0 Å². The molecular formula is C10H18O2. The Hall–Kier alpha value is -0.600. The molecule has 0 aromatic carbocycles. The van der Waals surface area contributed by atoms with Crippen LogP contribution < -0.4 is 0 Å². The van der Waals surface area contributed by atoms with Crippen LogP contribution >= 0.6 is 0 Å². The third-order valence-electron chi connectivity index (χ3n) is 1.78. The lowest BCUT2D eigenvalue weighted by atomic mass is 10.0. The van der Waals surface area contributed by atoms with Gasteiger partial charge < -0.3 is 10.2 Å². The maximum absolute atomic E-state index is 9.34. The number of rotatable bonds is 7. The second-order valence-electron chi connectivity index (χ2n) is 2.87. The highest BCUT2D eigenvalue weighted by Gasteiger charge is 2.13. The van der Waals surface area contributed by atoms with E-state index in [-0.39, 0.29) is 0 Å². The third-order valence-corrected chi connectivity index (χ3v) is 1.78. The van der Waals surface area contributed by atoms with Crippen molar-refractivity contribution in [3.63, 3.8) is 0 Å². The van der Waals surface area contributed by atoms with Gasteiger partial charge in [0.05, 0.1) is 12.2 Å². The summed E-state index contributed by atoms with van der Waals surface area (Å²) in [5.41, 5.74) is 0. The average Bonchev–Trinajstić information content (AvgIpc) is 2.10. The van der Waals surface area contributed by atoms with Crippen LogP contribution in [0.15, 0.2) is 25.3 Å². The minimum Gasteiger partial charge on any atom is -0.390 e. The van der Waals surface area contributed by atoms with Gasteiger partial charge in [0.15, 0.2) is 0 Å². The van der Waals surface area contributed by atoms with Crippen molar-refractivity contribution in [3.05, 3.63) is 25.3 Å². The molecule has 0 rings (SSSR count). The average molecular weight is 170 g/mol. The van der Waals surface area contributed by atoms with Crippen LogP contribution in [0.25, 0.3) is 0 Å². The second-order valence-corrected chi connectivity index (χ2v) is 2.87. The predicted octanol–water partition coefficient (Wildman–Crippen LogP) is 1.64. The molecule has 0 saturated heterocycles. The Labute approximate surface area is 74.2 Å². The minimum absolute atomic E-state index is 0.585. The number of allylic oxidation sites excluding steroid dienone is 2. The maximum atomic E-state index is 9.34. The van der Waals surface area contributed by atoms with Gasteiger partial charge in [-0.15, -0.1) is 13.2 Å². The molecule has 0 aromatic rings. The van der Waals surface area contributed by atoms with E-state index in [1.165, 1.54) is 0 Å². The lowest BCUT2D eigenvalue weighted by molar-refractivity contribution is 0.0112. The molecule has 0 spiro atoms. The molecule has 0 radical (unpaired) electrons. The second kappa shape index (κ2) is 7.07. The molecule has 70 valence electrons. The van der Waals surface area contributed by atoms with Crippen molar-refractivity contribution >= 4 is 0 Å². The Balaban J connectivity index is 3.52. The van der Waals surface area contributed by atoms with E-state index in [9.17, 15) is 10.2 Å². The first-order chi connectivity index (χ1) is 5.72. The molecule has 0 bridgehead atoms. The van der Waals surface area contributed by atoms with Gasteiger partial charge in [0.2, 0.25) is 0 Å². The summed E-state index contributed by atoms with van der Waals surface area (Å²) in [6, 6.07) is 0. The molecule has 2 nitrogen and oxygen atoms in total. The van der Waals surface area contributed by atoms with Gasteiger partial charge in [-0.05, 0) is 25.7 Å². The fourth-order valence-electron chi connectivity index (χ4n) is 0.962. The Morgan fingerprint density at radius 3 is 1.50 bits per heavy atom. The lowest BCUT2D eigenvalue weighted by Gasteiger charge is -2.15. The highest BCUT2D eigenvalue weighted by Crippen LogP contribution is 2.08. The molecule has 0 aliphatic rings. The molecule has 0 saturated carbocycles. The van der Waals surface area contributed by atoms with Crippen LogP contribution in [0.3, 0.4) is 0 Å². The first-order valence-corrected chi connectivity index (χ1v) is 4.30. The van der Waals surface area contributed by atoms with Crippen molar-refractivity contribution in [2.45, 2.75) is 37.9 Å². The molecule has 0 amide bonds. The number of aliphatic hydroxyl groups is 2. The Morgan fingerprint density at radius 2 is 1.25 bits per heavy atom. The van der Waals surface area contributed by atoms with Crippen molar-refractivity contribution in [3.8, 4) is 0 Å². The van der Waals surface area contributed by atoms with Crippen molar-refractivity contribution in [2.75, 3.05) is 0 Å². The van der Waals surface area contributed by atoms with Crippen LogP contribution in [0, 0.1) is 0 Å². The monoisotopic (exact) mass is 170 g/mol. The van der Waals surface area contributed by atoms with E-state index in [1.54, 1.807) is 12.2 Å². The van der Waals surface area contributed by atoms with E-state index >= 15 is 0 Å². The zero-order valence-electron chi connectivity index (χ0n) is 7.45. The van der Waals surface area contributed by atoms with Crippen LogP contribution in [-0.2, 0) is 0 Å². The van der Waals surface area contributed by atoms with Crippen molar-refractivity contribution < 1.29 is 10.2 Å². The van der Waals surface area contributed by atoms with E-state index in [0.717, 1.165) is 12.8 Å². The first kappa shape index (κ1) is 11.4. The molecule has 0 aliphatic carbocycles. The molecule has 0 aliphatic heterocycles. The molecule has 2 atom stereocenters. The normalized spacial score (nSPS) is 15.2. The van der Waals surface area contributed by atoms with Gasteiger partial charge in [-0.2, -0.15) is 0 Å². The largest absolute Gasteiger partial charge is 0.390 e. The van der Waals surface area contributed by atoms with Crippen LogP contribution in [0.4, 0.5) is 0 Å². The summed E-state index contributed by atoms with van der Waals surface area (Å²) in [7, 11) is 0. The summed E-state index contributed by atoms with van der Waals surface area (Å²) in [6.45, 7) is 7.09. The predicted molar refractivity (Wildman–Crippen MR) is 50.9 cm³/mol. The summed E-state index contributed by atoms with van der Waals surface area (Å²) < 4.78 is 0. The van der Waals surface area contributed by atoms with Crippen molar-refractivity contribution in [2.24, 2.45) is 0 Å². The van der Waals surface area contributed by atoms with Gasteiger partial charge in [-0.25, -0.2) is 0 Å². The molecule has 0 aromatic heterocycles. The van der Waals surface area contributed by atoms with Crippen molar-refractivity contribution in [1.29, 1.82) is 0 Å². The summed E-state index contributed by atoms with van der Waals surface area (Å²) in [4.78, 5) is 0. The number of hydrogen-bond acceptors (Lipinski definition) is 2. The number of hydrogen-bond donors (Lipinski definition) is 2. The smallest absolute Gasteiger partial charge is 0.0802 e. The van der Waals surface area contributed by atoms with Crippen molar-refractivity contribution in [1.82, 2.24) is 0 Å². The van der Waals surface area contributed by atoms with Crippen LogP contribution in [0.5, 0.6) is 0 Å². The molecule has 12 heavy (non-hydrogen) atoms. The highest BCUT2D eigenvalue weighted by molar-refractivity contribution is 4.76. The Morgan fingerprint density at radius 1 is 0.917 bits per heavy atom. The molecule has 2 unspecified atom stereocenters. The van der Waals surface area contributed by atoms with E-state index in [4.69, 9.17) is 0 Å². The summed E-state index contributed by atoms with van der Waals surface area (Å²) in [5, 5.41) is 18.7. The zero-order valence-corrected chi connectivity index (χ0v) is 7.45. The van der Waals surface area contributed by atoms with E-state index in [0.29, 0.717) is 12.8 Å². The Bertz CT molecular complexity index is 116. The Kier molecular flexibility index (Phi) is 6.72. The fraction of sp³-hybridized carbons (Fsp3) is 0.600. The summed E-state index contributed by atoms with van der Waals surface area (Å²) in [5.74, 6) is 0. The highest BCUT2D eigenvalue weighted by atomic mass is 16.3. The third kappa shape index (κ3) is 5.10. The lowest BCUT2D eigenvalue weighted by Crippen LogP contribution is -2.25. The van der Waals surface area contributed by atoms with E-state index in [1.807, 2.05) is 0 Å². The maximum Gasteiger partial charge on any atom is 0.0802 e. The van der Waals surface area contributed by atoms with E-state index in [2.05, 4.69) is 13.2 Å². The molecule has 2 N–H and O–H groups in total. The van der Waals surface area contributed by atoms with Gasteiger partial charge in [0.1, 0.15) is 0 Å². The van der Waals surface area contributed by atoms with Crippen LogP contribution in [0.1, 0.15) is 25.7 Å². The molecule has 0 heterocycles. The van der Waals surface area contributed by atoms with Crippen LogP contribution in [-0.4, -0.2) is 22.4 Å². The topological polar surface area (TPSA) is 40.5 Å². The minimum atomic E-state index is -0.622. The SMILES string of the molecule is C=CCCC(O)C(O)CCC=C. The van der Waals surface area contributed by atoms with Gasteiger partial charge in [-0.3, -0.25) is 0 Å². The van der Waals surface area contributed by atoms with E-state index < -0.39 is 12.2 Å². The standard InChI is InChI=1S/C10H18O2/c1-3-5-7-9(11)10(12)8-6-4-2/h3-4,9-12H,1-2,5-8H2. The van der Waals surface area contributed by atoms with Gasteiger partial charge in [-0.1, -0.05) is 12.2 Å². The molecule has 2 heteroatoms.